The number of nitrogens with zero attached hydrogens (tertiary/aromatic N) is 1. The first kappa shape index (κ1) is 11.1. The Balaban J connectivity index is 2.21. The number of aromatic nitrogens is 1. The van der Waals surface area contributed by atoms with E-state index in [4.69, 9.17) is 9.84 Å². The molecule has 0 spiro atoms. The van der Waals surface area contributed by atoms with Crippen molar-refractivity contribution >= 4 is 5.97 Å². The molecule has 0 unspecified atom stereocenters. The van der Waals surface area contributed by atoms with Gasteiger partial charge < -0.3 is 9.84 Å². The van der Waals surface area contributed by atoms with E-state index in [1.165, 1.54) is 12.1 Å². The average Bonchev–Trinajstić information content (AvgIpc) is 2.32. The minimum absolute atomic E-state index is 0.197. The maximum Gasteiger partial charge on any atom is 0.335 e. The number of rotatable bonds is 3. The summed E-state index contributed by atoms with van der Waals surface area (Å²) < 4.78 is 5.50. The molecule has 1 aromatic heterocycles. The molecule has 0 saturated heterocycles. The van der Waals surface area contributed by atoms with Crippen molar-refractivity contribution < 1.29 is 14.6 Å². The Morgan fingerprint density at radius 1 is 1.24 bits per heavy atom. The van der Waals surface area contributed by atoms with Crippen molar-refractivity contribution in [2.24, 2.45) is 0 Å². The summed E-state index contributed by atoms with van der Waals surface area (Å²) in [5.41, 5.74) is 1.10. The molecule has 0 aliphatic heterocycles. The number of hydrogen-bond acceptors (Lipinski definition) is 3. The van der Waals surface area contributed by atoms with E-state index < -0.39 is 5.97 Å². The molecular formula is C13H11NO3. The van der Waals surface area contributed by atoms with Crippen LogP contribution < -0.4 is 4.74 Å². The maximum atomic E-state index is 10.8. The van der Waals surface area contributed by atoms with Gasteiger partial charge in [0.25, 0.3) is 0 Å². The molecular weight excluding hydrogens is 218 g/mol. The van der Waals surface area contributed by atoms with Crippen LogP contribution >= 0.6 is 0 Å². The third-order valence-electron chi connectivity index (χ3n) is 2.20. The summed E-state index contributed by atoms with van der Waals surface area (Å²) in [5, 5.41) is 8.84. The number of aromatic carboxylic acids is 1. The number of benzene rings is 1. The second-order valence-corrected chi connectivity index (χ2v) is 3.57. The molecule has 2 rings (SSSR count). The molecule has 0 atom stereocenters. The Morgan fingerprint density at radius 3 is 2.71 bits per heavy atom. The molecule has 86 valence electrons. The summed E-state index contributed by atoms with van der Waals surface area (Å²) in [7, 11) is 0. The van der Waals surface area contributed by atoms with E-state index >= 15 is 0 Å². The highest BCUT2D eigenvalue weighted by Crippen LogP contribution is 2.21. The van der Waals surface area contributed by atoms with Crippen LogP contribution in [0.15, 0.2) is 42.6 Å². The Bertz CT molecular complexity index is 535. The van der Waals surface area contributed by atoms with Gasteiger partial charge in [-0.05, 0) is 37.3 Å². The van der Waals surface area contributed by atoms with Crippen molar-refractivity contribution in [3.05, 3.63) is 53.9 Å². The van der Waals surface area contributed by atoms with Crippen LogP contribution in [-0.4, -0.2) is 16.1 Å². The largest absolute Gasteiger partial charge is 0.478 e. The molecule has 1 heterocycles. The molecule has 0 fully saturated rings. The van der Waals surface area contributed by atoms with E-state index in [9.17, 15) is 4.79 Å². The van der Waals surface area contributed by atoms with E-state index in [2.05, 4.69) is 4.98 Å². The zero-order chi connectivity index (χ0) is 12.3. The lowest BCUT2D eigenvalue weighted by Crippen LogP contribution is -1.96. The highest BCUT2D eigenvalue weighted by molar-refractivity contribution is 5.88. The van der Waals surface area contributed by atoms with Gasteiger partial charge in [-0.3, -0.25) is 4.98 Å². The summed E-state index contributed by atoms with van der Waals surface area (Å²) in [6.45, 7) is 1.88. The number of carboxylic acids is 1. The lowest BCUT2D eigenvalue weighted by Gasteiger charge is -2.05. The van der Waals surface area contributed by atoms with Crippen LogP contribution in [0.3, 0.4) is 0 Å². The third-order valence-corrected chi connectivity index (χ3v) is 2.20. The molecule has 0 amide bonds. The molecule has 1 N–H and O–H groups in total. The monoisotopic (exact) mass is 229 g/mol. The topological polar surface area (TPSA) is 59.4 Å². The van der Waals surface area contributed by atoms with Gasteiger partial charge in [0.15, 0.2) is 0 Å². The van der Waals surface area contributed by atoms with Crippen molar-refractivity contribution in [1.82, 2.24) is 4.98 Å². The van der Waals surface area contributed by atoms with Crippen LogP contribution in [0.4, 0.5) is 0 Å². The van der Waals surface area contributed by atoms with Gasteiger partial charge in [0, 0.05) is 5.69 Å². The fourth-order valence-electron chi connectivity index (χ4n) is 1.34. The molecule has 1 aromatic carbocycles. The van der Waals surface area contributed by atoms with Crippen LogP contribution in [0.25, 0.3) is 0 Å². The van der Waals surface area contributed by atoms with Crippen molar-refractivity contribution in [1.29, 1.82) is 0 Å². The van der Waals surface area contributed by atoms with E-state index in [0.717, 1.165) is 5.69 Å². The van der Waals surface area contributed by atoms with E-state index in [0.29, 0.717) is 11.5 Å². The van der Waals surface area contributed by atoms with Crippen LogP contribution in [-0.2, 0) is 0 Å². The van der Waals surface area contributed by atoms with Crippen molar-refractivity contribution in [3.63, 3.8) is 0 Å². The fraction of sp³-hybridized carbons (Fsp3) is 0.0769. The third kappa shape index (κ3) is 2.81. The first-order chi connectivity index (χ1) is 8.15. The van der Waals surface area contributed by atoms with E-state index in [1.807, 2.05) is 13.0 Å². The van der Waals surface area contributed by atoms with Crippen LogP contribution in [0.1, 0.15) is 16.1 Å². The Labute approximate surface area is 98.5 Å². The number of aryl methyl sites for hydroxylation is 1. The van der Waals surface area contributed by atoms with Gasteiger partial charge in [-0.25, -0.2) is 4.79 Å². The van der Waals surface area contributed by atoms with Gasteiger partial charge in [-0.1, -0.05) is 6.07 Å². The van der Waals surface area contributed by atoms with Crippen molar-refractivity contribution in [2.45, 2.75) is 6.92 Å². The van der Waals surface area contributed by atoms with Gasteiger partial charge in [0.05, 0.1) is 11.8 Å². The number of ether oxygens (including phenoxy) is 1. The minimum atomic E-state index is -0.975. The molecule has 4 nitrogen and oxygen atoms in total. The minimum Gasteiger partial charge on any atom is -0.478 e. The highest BCUT2D eigenvalue weighted by Gasteiger charge is 2.04. The number of carboxylic acid groups (broad SMARTS) is 1. The molecule has 0 bridgehead atoms. The van der Waals surface area contributed by atoms with Gasteiger partial charge >= 0.3 is 5.97 Å². The molecule has 17 heavy (non-hydrogen) atoms. The standard InChI is InChI=1S/C13H11NO3/c1-9-5-6-12(8-14-9)17-11-4-2-3-10(7-11)13(15)16/h2-8H,1H3,(H,15,16). The first-order valence-corrected chi connectivity index (χ1v) is 5.09. The molecule has 4 heteroatoms. The fourth-order valence-corrected chi connectivity index (χ4v) is 1.34. The summed E-state index contributed by atoms with van der Waals surface area (Å²) in [5.74, 6) is 0.0890. The van der Waals surface area contributed by atoms with E-state index in [1.54, 1.807) is 24.4 Å². The Kier molecular flexibility index (Phi) is 3.05. The maximum absolute atomic E-state index is 10.8. The number of pyridine rings is 1. The Morgan fingerprint density at radius 2 is 2.06 bits per heavy atom. The number of hydrogen-bond donors (Lipinski definition) is 1. The second-order valence-electron chi connectivity index (χ2n) is 3.57. The predicted octanol–water partition coefficient (Wildman–Crippen LogP) is 2.88. The lowest BCUT2D eigenvalue weighted by molar-refractivity contribution is 0.0696. The van der Waals surface area contributed by atoms with Crippen LogP contribution in [0, 0.1) is 6.92 Å². The lowest BCUT2D eigenvalue weighted by atomic mass is 10.2. The SMILES string of the molecule is Cc1ccc(Oc2cccc(C(=O)O)c2)cn1. The summed E-state index contributed by atoms with van der Waals surface area (Å²) in [4.78, 5) is 14.9. The molecule has 0 aliphatic carbocycles. The number of carbonyl (C=O) groups is 1. The zero-order valence-corrected chi connectivity index (χ0v) is 9.25. The highest BCUT2D eigenvalue weighted by atomic mass is 16.5. The van der Waals surface area contributed by atoms with Gasteiger partial charge in [0.2, 0.25) is 0 Å². The van der Waals surface area contributed by atoms with Crippen molar-refractivity contribution in [3.8, 4) is 11.5 Å². The normalized spacial score (nSPS) is 9.94. The summed E-state index contributed by atoms with van der Waals surface area (Å²) >= 11 is 0. The zero-order valence-electron chi connectivity index (χ0n) is 9.25. The quantitative estimate of drug-likeness (QED) is 0.879. The molecule has 0 saturated carbocycles. The molecule has 2 aromatic rings. The predicted molar refractivity (Wildman–Crippen MR) is 62.4 cm³/mol. The van der Waals surface area contributed by atoms with Crippen LogP contribution in [0.5, 0.6) is 11.5 Å². The smallest absolute Gasteiger partial charge is 0.335 e. The average molecular weight is 229 g/mol. The molecule has 0 aliphatic rings. The van der Waals surface area contributed by atoms with E-state index in [-0.39, 0.29) is 5.56 Å². The van der Waals surface area contributed by atoms with Gasteiger partial charge in [0.1, 0.15) is 11.5 Å². The Hall–Kier alpha value is -2.36. The van der Waals surface area contributed by atoms with Crippen molar-refractivity contribution in [2.75, 3.05) is 0 Å². The second kappa shape index (κ2) is 4.65. The van der Waals surface area contributed by atoms with Crippen LogP contribution in [0.2, 0.25) is 0 Å². The first-order valence-electron chi connectivity index (χ1n) is 5.09. The summed E-state index contributed by atoms with van der Waals surface area (Å²) in [6, 6.07) is 9.95. The van der Waals surface area contributed by atoms with Gasteiger partial charge in [-0.15, -0.1) is 0 Å². The van der Waals surface area contributed by atoms with Gasteiger partial charge in [-0.2, -0.15) is 0 Å². The summed E-state index contributed by atoms with van der Waals surface area (Å²) in [6.07, 6.45) is 1.60. The molecule has 0 radical (unpaired) electrons.